The molecule has 2 aromatic carbocycles. The number of rotatable bonds is 5. The van der Waals surface area contributed by atoms with Gasteiger partial charge in [0.25, 0.3) is 5.91 Å². The lowest BCUT2D eigenvalue weighted by atomic mass is 10.2. The van der Waals surface area contributed by atoms with Crippen LogP contribution in [-0.4, -0.2) is 45.3 Å². The van der Waals surface area contributed by atoms with Gasteiger partial charge in [0.05, 0.1) is 33.8 Å². The van der Waals surface area contributed by atoms with E-state index in [0.717, 1.165) is 10.9 Å². The van der Waals surface area contributed by atoms with Crippen molar-refractivity contribution in [3.8, 4) is 0 Å². The molecule has 1 saturated heterocycles. The minimum absolute atomic E-state index is 0.0249. The number of fused-ring (bicyclic) bond motifs is 1. The number of nitrogens with one attached hydrogen (secondary N) is 2. The molecule has 30 heavy (non-hydrogen) atoms. The predicted molar refractivity (Wildman–Crippen MR) is 114 cm³/mol. The third-order valence-electron chi connectivity index (χ3n) is 4.83. The molecule has 0 aliphatic carbocycles. The van der Waals surface area contributed by atoms with E-state index >= 15 is 0 Å². The van der Waals surface area contributed by atoms with Crippen LogP contribution in [0.1, 0.15) is 16.8 Å². The first-order chi connectivity index (χ1) is 14.2. The van der Waals surface area contributed by atoms with Gasteiger partial charge in [-0.25, -0.2) is 21.6 Å². The first-order valence-electron chi connectivity index (χ1n) is 9.21. The quantitative estimate of drug-likeness (QED) is 0.619. The number of anilines is 1. The van der Waals surface area contributed by atoms with Crippen molar-refractivity contribution in [2.45, 2.75) is 17.4 Å². The van der Waals surface area contributed by atoms with Crippen molar-refractivity contribution in [1.29, 1.82) is 0 Å². The fraction of sp³-hybridized carbons (Fsp3) is 0.200. The summed E-state index contributed by atoms with van der Waals surface area (Å²) in [5.41, 5.74) is 1.62. The van der Waals surface area contributed by atoms with E-state index in [1.807, 2.05) is 24.3 Å². The van der Waals surface area contributed by atoms with Gasteiger partial charge in [-0.05, 0) is 42.8 Å². The summed E-state index contributed by atoms with van der Waals surface area (Å²) in [5.74, 6) is -0.624. The highest BCUT2D eigenvalue weighted by atomic mass is 32.2. The van der Waals surface area contributed by atoms with E-state index in [9.17, 15) is 21.6 Å². The van der Waals surface area contributed by atoms with E-state index in [1.165, 1.54) is 24.3 Å². The van der Waals surface area contributed by atoms with Crippen molar-refractivity contribution in [2.75, 3.05) is 16.8 Å². The molecule has 0 bridgehead atoms. The lowest BCUT2D eigenvalue weighted by molar-refractivity contribution is 0.102. The van der Waals surface area contributed by atoms with Crippen LogP contribution in [0.2, 0.25) is 0 Å². The van der Waals surface area contributed by atoms with E-state index in [-0.39, 0.29) is 28.4 Å². The Bertz CT molecular complexity index is 1320. The smallest absolute Gasteiger partial charge is 0.255 e. The normalized spacial score (nSPS) is 18.3. The monoisotopic (exact) mass is 445 g/mol. The van der Waals surface area contributed by atoms with Gasteiger partial charge >= 0.3 is 0 Å². The molecule has 4 rings (SSSR count). The zero-order chi connectivity index (χ0) is 21.4. The average Bonchev–Trinajstić information content (AvgIpc) is 3.05. The molecule has 156 valence electrons. The lowest BCUT2D eigenvalue weighted by Gasteiger charge is -2.12. The molecule has 1 atom stereocenters. The molecule has 10 heteroatoms. The van der Waals surface area contributed by atoms with E-state index in [0.29, 0.717) is 5.69 Å². The average molecular weight is 446 g/mol. The van der Waals surface area contributed by atoms with Gasteiger partial charge in [-0.2, -0.15) is 0 Å². The maximum atomic E-state index is 12.5. The molecule has 0 radical (unpaired) electrons. The Balaban J connectivity index is 1.46. The molecule has 2 N–H and O–H groups in total. The van der Waals surface area contributed by atoms with Crippen LogP contribution in [0.15, 0.2) is 65.7 Å². The van der Waals surface area contributed by atoms with E-state index in [4.69, 9.17) is 0 Å². The maximum Gasteiger partial charge on any atom is 0.255 e. The number of benzene rings is 2. The Morgan fingerprint density at radius 3 is 2.50 bits per heavy atom. The van der Waals surface area contributed by atoms with Crippen molar-refractivity contribution >= 4 is 42.4 Å². The number of carbonyl (C=O) groups excluding carboxylic acids is 1. The van der Waals surface area contributed by atoms with E-state index < -0.39 is 31.8 Å². The molecule has 1 aliphatic rings. The largest absolute Gasteiger partial charge is 0.321 e. The van der Waals surface area contributed by atoms with Gasteiger partial charge < -0.3 is 5.32 Å². The molecule has 1 amide bonds. The standard InChI is InChI=1S/C20H19N3O5S2/c24-20(22-17-11-15-3-1-2-4-19(15)21-12-17)14-5-7-18(8-6-14)30(27,28)23-16-9-10-29(25,26)13-16/h1-8,11-12,16,23H,9-10,13H2,(H,22,24). The number of pyridine rings is 1. The Hall–Kier alpha value is -2.82. The second-order valence-electron chi connectivity index (χ2n) is 7.12. The summed E-state index contributed by atoms with van der Waals surface area (Å²) >= 11 is 0. The minimum atomic E-state index is -3.88. The van der Waals surface area contributed by atoms with Crippen molar-refractivity contribution in [1.82, 2.24) is 9.71 Å². The zero-order valence-corrected chi connectivity index (χ0v) is 17.4. The molecule has 0 spiro atoms. The molecule has 0 saturated carbocycles. The van der Waals surface area contributed by atoms with Gasteiger partial charge in [0, 0.05) is 17.0 Å². The van der Waals surface area contributed by atoms with Crippen LogP contribution >= 0.6 is 0 Å². The molecule has 1 aliphatic heterocycles. The molecule has 1 aromatic heterocycles. The number of aromatic nitrogens is 1. The van der Waals surface area contributed by atoms with Gasteiger partial charge in [-0.1, -0.05) is 18.2 Å². The van der Waals surface area contributed by atoms with E-state index in [2.05, 4.69) is 15.0 Å². The summed E-state index contributed by atoms with van der Waals surface area (Å²) in [6, 6.07) is 14.1. The summed E-state index contributed by atoms with van der Waals surface area (Å²) < 4.78 is 50.4. The molecule has 8 nitrogen and oxygen atoms in total. The summed E-state index contributed by atoms with van der Waals surface area (Å²) in [7, 11) is -7.07. The summed E-state index contributed by atoms with van der Waals surface area (Å²) in [4.78, 5) is 16.7. The third kappa shape index (κ3) is 4.50. The van der Waals surface area contributed by atoms with E-state index in [1.54, 1.807) is 12.3 Å². The summed E-state index contributed by atoms with van der Waals surface area (Å²) in [5, 5.41) is 3.63. The number of amides is 1. The highest BCUT2D eigenvalue weighted by Crippen LogP contribution is 2.19. The van der Waals surface area contributed by atoms with Gasteiger partial charge in [-0.3, -0.25) is 9.78 Å². The van der Waals surface area contributed by atoms with Crippen LogP contribution in [-0.2, 0) is 19.9 Å². The minimum Gasteiger partial charge on any atom is -0.321 e. The number of carbonyl (C=O) groups is 1. The lowest BCUT2D eigenvalue weighted by Crippen LogP contribution is -2.35. The maximum absolute atomic E-state index is 12.5. The van der Waals surface area contributed by atoms with Crippen LogP contribution in [0.5, 0.6) is 0 Å². The first-order valence-corrected chi connectivity index (χ1v) is 12.5. The Morgan fingerprint density at radius 2 is 1.80 bits per heavy atom. The molecule has 3 aromatic rings. The first kappa shape index (κ1) is 20.5. The SMILES string of the molecule is O=C(Nc1cnc2ccccc2c1)c1ccc(S(=O)(=O)NC2CCS(=O)(=O)C2)cc1. The number of hydrogen-bond donors (Lipinski definition) is 2. The second-order valence-corrected chi connectivity index (χ2v) is 11.1. The molecular weight excluding hydrogens is 426 g/mol. The number of sulfone groups is 1. The molecular formula is C20H19N3O5S2. The van der Waals surface area contributed by atoms with Crippen molar-refractivity contribution in [3.05, 3.63) is 66.4 Å². The fourth-order valence-electron chi connectivity index (χ4n) is 3.30. The summed E-state index contributed by atoms with van der Waals surface area (Å²) in [6.07, 6.45) is 1.81. The third-order valence-corrected chi connectivity index (χ3v) is 8.13. The topological polar surface area (TPSA) is 122 Å². The highest BCUT2D eigenvalue weighted by Gasteiger charge is 2.31. The Labute approximate surface area is 174 Å². The van der Waals surface area contributed by atoms with Crippen LogP contribution in [0.4, 0.5) is 5.69 Å². The van der Waals surface area contributed by atoms with Crippen molar-refractivity contribution in [2.24, 2.45) is 0 Å². The molecule has 2 heterocycles. The van der Waals surface area contributed by atoms with Crippen molar-refractivity contribution in [3.63, 3.8) is 0 Å². The summed E-state index contributed by atoms with van der Waals surface area (Å²) in [6.45, 7) is 0. The number of sulfonamides is 1. The number of para-hydroxylation sites is 1. The van der Waals surface area contributed by atoms with Gasteiger partial charge in [-0.15, -0.1) is 0 Å². The van der Waals surface area contributed by atoms with Crippen LogP contribution < -0.4 is 10.0 Å². The van der Waals surface area contributed by atoms with Gasteiger partial charge in [0.2, 0.25) is 10.0 Å². The van der Waals surface area contributed by atoms with Crippen molar-refractivity contribution < 1.29 is 21.6 Å². The van der Waals surface area contributed by atoms with Gasteiger partial charge in [0.1, 0.15) is 0 Å². The molecule has 1 unspecified atom stereocenters. The molecule has 1 fully saturated rings. The number of nitrogens with zero attached hydrogens (tertiary/aromatic N) is 1. The predicted octanol–water partition coefficient (Wildman–Crippen LogP) is 1.95. The van der Waals surface area contributed by atoms with Gasteiger partial charge in [0.15, 0.2) is 9.84 Å². The fourth-order valence-corrected chi connectivity index (χ4v) is 6.35. The Kier molecular flexibility index (Phi) is 5.31. The highest BCUT2D eigenvalue weighted by molar-refractivity contribution is 7.92. The van der Waals surface area contributed by atoms with Crippen LogP contribution in [0, 0.1) is 0 Å². The number of hydrogen-bond acceptors (Lipinski definition) is 6. The van der Waals surface area contributed by atoms with Crippen LogP contribution in [0.3, 0.4) is 0 Å². The second kappa shape index (κ2) is 7.78. The zero-order valence-electron chi connectivity index (χ0n) is 15.8. The van der Waals surface area contributed by atoms with Crippen LogP contribution in [0.25, 0.3) is 10.9 Å². The Morgan fingerprint density at radius 1 is 1.07 bits per heavy atom.